The Morgan fingerprint density at radius 2 is 2.18 bits per heavy atom. The molecule has 2 amide bonds. The highest BCUT2D eigenvalue weighted by atomic mass is 35.5. The van der Waals surface area contributed by atoms with Gasteiger partial charge >= 0.3 is 0 Å². The van der Waals surface area contributed by atoms with Gasteiger partial charge in [-0.3, -0.25) is 14.6 Å². The van der Waals surface area contributed by atoms with Crippen LogP contribution in [-0.4, -0.2) is 33.8 Å². The quantitative estimate of drug-likeness (QED) is 0.671. The molecule has 1 fully saturated rings. The van der Waals surface area contributed by atoms with Crippen molar-refractivity contribution in [1.29, 1.82) is 0 Å². The molecule has 3 heterocycles. The molecule has 2 unspecified atom stereocenters. The number of benzene rings is 1. The SMILES string of the molecule is O=C(CSC1=NNC(=O)C2CC(c3cccs3)NN12)NCc1ccc(Cl)cc1. The summed E-state index contributed by atoms with van der Waals surface area (Å²) < 4.78 is 0. The maximum atomic E-state index is 12.2. The van der Waals surface area contributed by atoms with Crippen LogP contribution in [0.5, 0.6) is 0 Å². The van der Waals surface area contributed by atoms with Crippen LogP contribution in [0.4, 0.5) is 0 Å². The average Bonchev–Trinajstić information content (AvgIpc) is 3.37. The number of hydrogen-bond donors (Lipinski definition) is 3. The largest absolute Gasteiger partial charge is 0.351 e. The maximum absolute atomic E-state index is 12.2. The first kappa shape index (κ1) is 19.3. The minimum Gasteiger partial charge on any atom is -0.351 e. The molecule has 0 aliphatic carbocycles. The van der Waals surface area contributed by atoms with Gasteiger partial charge in [-0.05, 0) is 29.1 Å². The number of halogens is 1. The van der Waals surface area contributed by atoms with E-state index >= 15 is 0 Å². The lowest BCUT2D eigenvalue weighted by molar-refractivity contribution is -0.125. The standard InChI is InChI=1S/C18H18ClN5O2S2/c19-12-5-3-11(4-6-12)9-20-16(25)10-28-18-22-21-17(26)14-8-13(23-24(14)18)15-2-1-7-27-15/h1-7,13-14,23H,8-10H2,(H,20,25)(H,21,26). The van der Waals surface area contributed by atoms with Crippen molar-refractivity contribution in [2.75, 3.05) is 5.75 Å². The molecule has 28 heavy (non-hydrogen) atoms. The molecule has 4 rings (SSSR count). The Balaban J connectivity index is 1.32. The number of hydrazine groups is 1. The smallest absolute Gasteiger partial charge is 0.264 e. The van der Waals surface area contributed by atoms with E-state index in [9.17, 15) is 9.59 Å². The molecular formula is C18H18ClN5O2S2. The third kappa shape index (κ3) is 4.33. The lowest BCUT2D eigenvalue weighted by Gasteiger charge is -2.29. The number of carbonyl (C=O) groups excluding carboxylic acids is 2. The molecule has 2 aliphatic heterocycles. The molecule has 3 N–H and O–H groups in total. The summed E-state index contributed by atoms with van der Waals surface area (Å²) in [6.45, 7) is 0.435. The van der Waals surface area contributed by atoms with E-state index in [0.717, 1.165) is 5.56 Å². The van der Waals surface area contributed by atoms with Gasteiger partial charge in [-0.2, -0.15) is 0 Å². The zero-order valence-electron chi connectivity index (χ0n) is 14.7. The van der Waals surface area contributed by atoms with Crippen molar-refractivity contribution in [3.05, 3.63) is 57.2 Å². The first-order valence-electron chi connectivity index (χ1n) is 8.70. The van der Waals surface area contributed by atoms with Gasteiger partial charge in [-0.25, -0.2) is 10.9 Å². The second-order valence-corrected chi connectivity index (χ2v) is 8.74. The number of hydrogen-bond acceptors (Lipinski definition) is 7. The van der Waals surface area contributed by atoms with Gasteiger partial charge in [0.05, 0.1) is 11.8 Å². The van der Waals surface area contributed by atoms with Crippen molar-refractivity contribution < 1.29 is 9.59 Å². The number of fused-ring (bicyclic) bond motifs is 1. The lowest BCUT2D eigenvalue weighted by Crippen LogP contribution is -2.52. The van der Waals surface area contributed by atoms with E-state index in [1.807, 2.05) is 29.6 Å². The molecule has 2 aromatic rings. The summed E-state index contributed by atoms with van der Waals surface area (Å²) in [6.07, 6.45) is 0.661. The Morgan fingerprint density at radius 3 is 2.93 bits per heavy atom. The number of thiophene rings is 1. The van der Waals surface area contributed by atoms with Crippen LogP contribution in [-0.2, 0) is 16.1 Å². The molecule has 1 saturated heterocycles. The first-order chi connectivity index (χ1) is 13.6. The van der Waals surface area contributed by atoms with Crippen molar-refractivity contribution >= 4 is 51.7 Å². The van der Waals surface area contributed by atoms with Gasteiger partial charge in [0.2, 0.25) is 5.91 Å². The van der Waals surface area contributed by atoms with E-state index in [1.165, 1.54) is 16.6 Å². The van der Waals surface area contributed by atoms with Gasteiger partial charge in [-0.1, -0.05) is 41.6 Å². The normalized spacial score (nSPS) is 21.1. The zero-order valence-corrected chi connectivity index (χ0v) is 17.1. The van der Waals surface area contributed by atoms with Crippen LogP contribution < -0.4 is 16.2 Å². The molecule has 0 spiro atoms. The Morgan fingerprint density at radius 1 is 1.36 bits per heavy atom. The molecule has 146 valence electrons. The molecule has 10 heteroatoms. The molecule has 0 radical (unpaired) electrons. The van der Waals surface area contributed by atoms with Crippen LogP contribution in [0.15, 0.2) is 46.9 Å². The first-order valence-corrected chi connectivity index (χ1v) is 10.9. The molecular weight excluding hydrogens is 418 g/mol. The number of nitrogens with zero attached hydrogens (tertiary/aromatic N) is 2. The highest BCUT2D eigenvalue weighted by molar-refractivity contribution is 8.14. The number of amides is 2. The lowest BCUT2D eigenvalue weighted by atomic mass is 10.1. The van der Waals surface area contributed by atoms with E-state index in [2.05, 4.69) is 21.3 Å². The summed E-state index contributed by atoms with van der Waals surface area (Å²) in [7, 11) is 0. The highest BCUT2D eigenvalue weighted by Gasteiger charge is 2.42. The van der Waals surface area contributed by atoms with Crippen LogP contribution in [0.1, 0.15) is 22.9 Å². The Kier molecular flexibility index (Phi) is 5.86. The number of hydrazone groups is 1. The summed E-state index contributed by atoms with van der Waals surface area (Å²) >= 11 is 8.81. The fraction of sp³-hybridized carbons (Fsp3) is 0.278. The summed E-state index contributed by atoms with van der Waals surface area (Å²) in [5.74, 6) is -0.0372. The van der Waals surface area contributed by atoms with Crippen molar-refractivity contribution in [1.82, 2.24) is 21.2 Å². The van der Waals surface area contributed by atoms with Crippen molar-refractivity contribution in [2.24, 2.45) is 5.10 Å². The second-order valence-electron chi connectivity index (χ2n) is 6.38. The number of rotatable bonds is 5. The van der Waals surface area contributed by atoms with Gasteiger partial charge in [0.1, 0.15) is 6.04 Å². The minimum atomic E-state index is -0.329. The molecule has 1 aromatic carbocycles. The van der Waals surface area contributed by atoms with E-state index < -0.39 is 0 Å². The van der Waals surface area contributed by atoms with Gasteiger partial charge in [0.15, 0.2) is 5.17 Å². The van der Waals surface area contributed by atoms with Crippen LogP contribution in [0.2, 0.25) is 5.02 Å². The van der Waals surface area contributed by atoms with Crippen molar-refractivity contribution in [3.63, 3.8) is 0 Å². The van der Waals surface area contributed by atoms with Crippen LogP contribution in [0.25, 0.3) is 0 Å². The van der Waals surface area contributed by atoms with Crippen LogP contribution in [0, 0.1) is 0 Å². The van der Waals surface area contributed by atoms with E-state index in [4.69, 9.17) is 11.6 Å². The fourth-order valence-corrected chi connectivity index (χ4v) is 4.74. The number of amidine groups is 1. The van der Waals surface area contributed by atoms with Gasteiger partial charge in [0, 0.05) is 22.9 Å². The molecule has 7 nitrogen and oxygen atoms in total. The second kappa shape index (κ2) is 8.52. The topological polar surface area (TPSA) is 85.8 Å². The van der Waals surface area contributed by atoms with E-state index in [0.29, 0.717) is 23.2 Å². The minimum absolute atomic E-state index is 0.0679. The summed E-state index contributed by atoms with van der Waals surface area (Å²) in [4.78, 5) is 25.5. The van der Waals surface area contributed by atoms with Gasteiger partial charge < -0.3 is 5.32 Å². The molecule has 0 bridgehead atoms. The molecule has 2 aliphatic rings. The molecule has 2 atom stereocenters. The summed E-state index contributed by atoms with van der Waals surface area (Å²) in [5, 5.41) is 12.0. The van der Waals surface area contributed by atoms with E-state index in [1.54, 1.807) is 28.5 Å². The van der Waals surface area contributed by atoms with E-state index in [-0.39, 0.29) is 29.7 Å². The predicted molar refractivity (Wildman–Crippen MR) is 112 cm³/mol. The monoisotopic (exact) mass is 435 g/mol. The number of carbonyl (C=O) groups is 2. The number of nitrogens with one attached hydrogen (secondary N) is 3. The van der Waals surface area contributed by atoms with Gasteiger partial charge in [0.25, 0.3) is 5.91 Å². The van der Waals surface area contributed by atoms with Gasteiger partial charge in [-0.15, -0.1) is 16.4 Å². The highest BCUT2D eigenvalue weighted by Crippen LogP contribution is 2.33. The third-order valence-corrected chi connectivity index (χ3v) is 6.65. The molecule has 0 saturated carbocycles. The zero-order chi connectivity index (χ0) is 19.5. The Labute approximate surface area is 175 Å². The number of thioether (sulfide) groups is 1. The van der Waals surface area contributed by atoms with Crippen LogP contribution in [0.3, 0.4) is 0 Å². The van der Waals surface area contributed by atoms with Crippen molar-refractivity contribution in [2.45, 2.75) is 25.0 Å². The predicted octanol–water partition coefficient (Wildman–Crippen LogP) is 2.47. The third-order valence-electron chi connectivity index (χ3n) is 4.46. The summed E-state index contributed by atoms with van der Waals surface area (Å²) in [5.41, 5.74) is 6.89. The summed E-state index contributed by atoms with van der Waals surface area (Å²) in [6, 6.07) is 11.1. The maximum Gasteiger partial charge on any atom is 0.264 e. The van der Waals surface area contributed by atoms with Crippen LogP contribution >= 0.6 is 34.7 Å². The molecule has 1 aromatic heterocycles. The fourth-order valence-electron chi connectivity index (χ4n) is 3.04. The average molecular weight is 436 g/mol. The Hall–Kier alpha value is -2.07. The van der Waals surface area contributed by atoms with Crippen molar-refractivity contribution in [3.8, 4) is 0 Å². The Bertz CT molecular complexity index is 888.